The number of carboxylic acid groups (broad SMARTS) is 1. The molecule has 0 spiro atoms. The van der Waals surface area contributed by atoms with Crippen molar-refractivity contribution in [2.45, 2.75) is 32.2 Å². The highest BCUT2D eigenvalue weighted by Crippen LogP contribution is 2.17. The van der Waals surface area contributed by atoms with E-state index in [9.17, 15) is 4.79 Å². The van der Waals surface area contributed by atoms with Gasteiger partial charge < -0.3 is 5.11 Å². The van der Waals surface area contributed by atoms with Crippen LogP contribution in [0.3, 0.4) is 0 Å². The van der Waals surface area contributed by atoms with Gasteiger partial charge in [0.2, 0.25) is 0 Å². The number of aliphatic carboxylic acids is 1. The molecule has 1 aromatic rings. The summed E-state index contributed by atoms with van der Waals surface area (Å²) in [4.78, 5) is 13.0. The Labute approximate surface area is 114 Å². The summed E-state index contributed by atoms with van der Waals surface area (Å²) in [5.74, 6) is -0.697. The standard InChI is InChI=1S/C16H21NO2/c18-16(19)10-4-8-15-9-5-11-17(13-15)12-14-6-2-1-3-7-14/h1-3,6-7,9H,4-5,8,10-13H2,(H,18,19). The van der Waals surface area contributed by atoms with Crippen LogP contribution < -0.4 is 0 Å². The van der Waals surface area contributed by atoms with Gasteiger partial charge in [0, 0.05) is 26.1 Å². The smallest absolute Gasteiger partial charge is 0.303 e. The molecule has 102 valence electrons. The highest BCUT2D eigenvalue weighted by Gasteiger charge is 2.12. The number of carbonyl (C=O) groups is 1. The topological polar surface area (TPSA) is 40.5 Å². The highest BCUT2D eigenvalue weighted by atomic mass is 16.4. The first-order valence-corrected chi connectivity index (χ1v) is 6.90. The van der Waals surface area contributed by atoms with Crippen LogP contribution >= 0.6 is 0 Å². The Morgan fingerprint density at radius 1 is 1.26 bits per heavy atom. The molecule has 1 N–H and O–H groups in total. The number of rotatable bonds is 6. The first-order valence-electron chi connectivity index (χ1n) is 6.90. The molecule has 0 aliphatic carbocycles. The third kappa shape index (κ3) is 4.87. The first kappa shape index (κ1) is 13.8. The minimum atomic E-state index is -0.697. The van der Waals surface area contributed by atoms with E-state index in [-0.39, 0.29) is 6.42 Å². The maximum Gasteiger partial charge on any atom is 0.303 e. The van der Waals surface area contributed by atoms with Crippen molar-refractivity contribution >= 4 is 5.97 Å². The zero-order valence-corrected chi connectivity index (χ0v) is 11.2. The SMILES string of the molecule is O=C(O)CCCC1=CCCN(Cc2ccccc2)C1. The maximum atomic E-state index is 10.5. The van der Waals surface area contributed by atoms with Crippen LogP contribution in [0.15, 0.2) is 42.0 Å². The van der Waals surface area contributed by atoms with Gasteiger partial charge in [-0.3, -0.25) is 9.69 Å². The van der Waals surface area contributed by atoms with E-state index in [0.717, 1.165) is 38.9 Å². The Bertz CT molecular complexity index is 439. The summed E-state index contributed by atoms with van der Waals surface area (Å²) in [7, 11) is 0. The molecule has 0 saturated carbocycles. The number of carboxylic acids is 1. The van der Waals surface area contributed by atoms with Gasteiger partial charge in [0.15, 0.2) is 0 Å². The molecule has 2 rings (SSSR count). The van der Waals surface area contributed by atoms with Gasteiger partial charge in [-0.05, 0) is 24.8 Å². The van der Waals surface area contributed by atoms with E-state index >= 15 is 0 Å². The van der Waals surface area contributed by atoms with Gasteiger partial charge in [-0.25, -0.2) is 0 Å². The molecule has 19 heavy (non-hydrogen) atoms. The molecule has 0 amide bonds. The zero-order valence-electron chi connectivity index (χ0n) is 11.2. The lowest BCUT2D eigenvalue weighted by atomic mass is 10.0. The van der Waals surface area contributed by atoms with E-state index < -0.39 is 5.97 Å². The number of hydrogen-bond donors (Lipinski definition) is 1. The minimum absolute atomic E-state index is 0.274. The third-order valence-electron chi connectivity index (χ3n) is 3.44. The fourth-order valence-electron chi connectivity index (χ4n) is 2.51. The number of hydrogen-bond acceptors (Lipinski definition) is 2. The molecule has 1 aliphatic heterocycles. The van der Waals surface area contributed by atoms with Crippen molar-refractivity contribution in [3.63, 3.8) is 0 Å². The average molecular weight is 259 g/mol. The van der Waals surface area contributed by atoms with Gasteiger partial charge >= 0.3 is 5.97 Å². The summed E-state index contributed by atoms with van der Waals surface area (Å²) in [5.41, 5.74) is 2.73. The summed E-state index contributed by atoms with van der Waals surface area (Å²) in [6, 6.07) is 10.5. The number of nitrogens with zero attached hydrogens (tertiary/aromatic N) is 1. The second-order valence-electron chi connectivity index (χ2n) is 5.09. The van der Waals surface area contributed by atoms with Crippen molar-refractivity contribution < 1.29 is 9.90 Å². The zero-order chi connectivity index (χ0) is 13.5. The van der Waals surface area contributed by atoms with Crippen LogP contribution in [0.4, 0.5) is 0 Å². The van der Waals surface area contributed by atoms with Gasteiger partial charge in [-0.1, -0.05) is 42.0 Å². The Morgan fingerprint density at radius 2 is 2.05 bits per heavy atom. The fourth-order valence-corrected chi connectivity index (χ4v) is 2.51. The van der Waals surface area contributed by atoms with E-state index in [2.05, 4.69) is 35.2 Å². The van der Waals surface area contributed by atoms with Crippen LogP contribution in [0.5, 0.6) is 0 Å². The molecule has 1 heterocycles. The summed E-state index contributed by atoms with van der Waals surface area (Å²) >= 11 is 0. The van der Waals surface area contributed by atoms with Gasteiger partial charge in [-0.15, -0.1) is 0 Å². The predicted octanol–water partition coefficient (Wildman–Crippen LogP) is 3.07. The van der Waals surface area contributed by atoms with Crippen LogP contribution in [-0.2, 0) is 11.3 Å². The van der Waals surface area contributed by atoms with E-state index in [1.807, 2.05) is 6.07 Å². The van der Waals surface area contributed by atoms with Crippen molar-refractivity contribution in [2.24, 2.45) is 0 Å². The van der Waals surface area contributed by atoms with Crippen molar-refractivity contribution in [1.29, 1.82) is 0 Å². The Balaban J connectivity index is 1.79. The van der Waals surface area contributed by atoms with Crippen LogP contribution in [0, 0.1) is 0 Å². The molecule has 3 heteroatoms. The van der Waals surface area contributed by atoms with E-state index in [1.165, 1.54) is 11.1 Å². The summed E-state index contributed by atoms with van der Waals surface area (Å²) in [6.07, 6.45) is 5.30. The van der Waals surface area contributed by atoms with Crippen LogP contribution in [-0.4, -0.2) is 29.1 Å². The lowest BCUT2D eigenvalue weighted by molar-refractivity contribution is -0.137. The molecule has 0 atom stereocenters. The second-order valence-corrected chi connectivity index (χ2v) is 5.09. The number of benzene rings is 1. The lowest BCUT2D eigenvalue weighted by Gasteiger charge is -2.27. The van der Waals surface area contributed by atoms with Crippen LogP contribution in [0.2, 0.25) is 0 Å². The molecule has 0 fully saturated rings. The third-order valence-corrected chi connectivity index (χ3v) is 3.44. The largest absolute Gasteiger partial charge is 0.481 e. The Hall–Kier alpha value is -1.61. The van der Waals surface area contributed by atoms with Crippen molar-refractivity contribution in [2.75, 3.05) is 13.1 Å². The lowest BCUT2D eigenvalue weighted by Crippen LogP contribution is -2.29. The summed E-state index contributed by atoms with van der Waals surface area (Å²) in [5, 5.41) is 8.66. The first-order chi connectivity index (χ1) is 9.24. The normalized spacial score (nSPS) is 16.1. The van der Waals surface area contributed by atoms with E-state index in [0.29, 0.717) is 0 Å². The van der Waals surface area contributed by atoms with Gasteiger partial charge in [0.05, 0.1) is 0 Å². The summed E-state index contributed by atoms with van der Waals surface area (Å²) in [6.45, 7) is 3.06. The van der Waals surface area contributed by atoms with Crippen molar-refractivity contribution in [3.8, 4) is 0 Å². The molecular formula is C16H21NO2. The summed E-state index contributed by atoms with van der Waals surface area (Å²) < 4.78 is 0. The molecule has 0 unspecified atom stereocenters. The van der Waals surface area contributed by atoms with Crippen LogP contribution in [0.25, 0.3) is 0 Å². The Morgan fingerprint density at radius 3 is 2.79 bits per heavy atom. The van der Waals surface area contributed by atoms with Gasteiger partial charge in [0.25, 0.3) is 0 Å². The van der Waals surface area contributed by atoms with Gasteiger partial charge in [0.1, 0.15) is 0 Å². The van der Waals surface area contributed by atoms with E-state index in [4.69, 9.17) is 5.11 Å². The van der Waals surface area contributed by atoms with Crippen molar-refractivity contribution in [1.82, 2.24) is 4.90 Å². The van der Waals surface area contributed by atoms with Gasteiger partial charge in [-0.2, -0.15) is 0 Å². The monoisotopic (exact) mass is 259 g/mol. The molecule has 0 radical (unpaired) electrons. The molecule has 1 aliphatic rings. The maximum absolute atomic E-state index is 10.5. The van der Waals surface area contributed by atoms with Crippen molar-refractivity contribution in [3.05, 3.63) is 47.5 Å². The quantitative estimate of drug-likeness (QED) is 0.798. The molecule has 0 saturated heterocycles. The highest BCUT2D eigenvalue weighted by molar-refractivity contribution is 5.66. The fraction of sp³-hybridized carbons (Fsp3) is 0.438. The minimum Gasteiger partial charge on any atom is -0.481 e. The molecule has 0 aromatic heterocycles. The molecule has 0 bridgehead atoms. The van der Waals surface area contributed by atoms with E-state index in [1.54, 1.807) is 0 Å². The average Bonchev–Trinajstić information content (AvgIpc) is 2.40. The Kier molecular flexibility index (Phi) is 5.16. The molecule has 1 aromatic carbocycles. The molecule has 3 nitrogen and oxygen atoms in total. The second kappa shape index (κ2) is 7.10. The van der Waals surface area contributed by atoms with Crippen LogP contribution in [0.1, 0.15) is 31.2 Å². The predicted molar refractivity (Wildman–Crippen MR) is 75.9 cm³/mol. The molecular weight excluding hydrogens is 238 g/mol.